The maximum Gasteiger partial charge on any atom is 0.137 e. The van der Waals surface area contributed by atoms with Crippen molar-refractivity contribution in [2.75, 3.05) is 0 Å². The number of fused-ring (bicyclic) bond motifs is 3. The standard InChI is InChI=1S/C25H19ClN2O/c1-16-9-10-27-25(13-16)28-23-6-4-3-5-21(23)22-8-7-19(15-24(22)28)29-20-12-17(2)11-18(26)14-20/h3-15H,1-2H3. The van der Waals surface area contributed by atoms with E-state index in [1.165, 1.54) is 16.3 Å². The fourth-order valence-corrected chi connectivity index (χ4v) is 4.08. The minimum Gasteiger partial charge on any atom is -0.457 e. The Hall–Kier alpha value is -3.30. The van der Waals surface area contributed by atoms with E-state index >= 15 is 0 Å². The molecule has 4 heteroatoms. The Morgan fingerprint density at radius 3 is 2.41 bits per heavy atom. The molecule has 5 rings (SSSR count). The largest absolute Gasteiger partial charge is 0.457 e. The van der Waals surface area contributed by atoms with E-state index in [-0.39, 0.29) is 0 Å². The van der Waals surface area contributed by atoms with E-state index in [9.17, 15) is 0 Å². The molecular formula is C25H19ClN2O. The van der Waals surface area contributed by atoms with Gasteiger partial charge in [0.05, 0.1) is 11.0 Å². The van der Waals surface area contributed by atoms with Crippen LogP contribution in [0.15, 0.2) is 79.0 Å². The normalized spacial score (nSPS) is 11.3. The Kier molecular flexibility index (Phi) is 4.26. The highest BCUT2D eigenvalue weighted by Crippen LogP contribution is 2.35. The number of hydrogen-bond acceptors (Lipinski definition) is 2. The molecule has 0 saturated heterocycles. The van der Waals surface area contributed by atoms with Crippen LogP contribution in [-0.4, -0.2) is 9.55 Å². The van der Waals surface area contributed by atoms with Crippen molar-refractivity contribution in [1.82, 2.24) is 9.55 Å². The highest BCUT2D eigenvalue weighted by atomic mass is 35.5. The molecule has 0 saturated carbocycles. The van der Waals surface area contributed by atoms with Crippen LogP contribution in [0, 0.1) is 13.8 Å². The number of aromatic nitrogens is 2. The van der Waals surface area contributed by atoms with E-state index in [1.54, 1.807) is 0 Å². The van der Waals surface area contributed by atoms with Crippen LogP contribution in [0.3, 0.4) is 0 Å². The molecule has 0 amide bonds. The van der Waals surface area contributed by atoms with Gasteiger partial charge in [0.25, 0.3) is 0 Å². The molecule has 0 aliphatic rings. The van der Waals surface area contributed by atoms with Gasteiger partial charge in [-0.1, -0.05) is 29.8 Å². The summed E-state index contributed by atoms with van der Waals surface area (Å²) in [5.74, 6) is 2.38. The fourth-order valence-electron chi connectivity index (χ4n) is 3.80. The van der Waals surface area contributed by atoms with E-state index < -0.39 is 0 Å². The molecule has 0 spiro atoms. The first-order valence-corrected chi connectivity index (χ1v) is 9.87. The van der Waals surface area contributed by atoms with E-state index in [0.29, 0.717) is 5.02 Å². The maximum atomic E-state index is 6.19. The Bertz CT molecular complexity index is 1350. The Morgan fingerprint density at radius 1 is 0.759 bits per heavy atom. The molecule has 0 bridgehead atoms. The average molecular weight is 399 g/mol. The smallest absolute Gasteiger partial charge is 0.137 e. The van der Waals surface area contributed by atoms with Gasteiger partial charge in [-0.3, -0.25) is 4.57 Å². The van der Waals surface area contributed by atoms with Crippen LogP contribution in [0.5, 0.6) is 11.5 Å². The molecule has 3 nitrogen and oxygen atoms in total. The Morgan fingerprint density at radius 2 is 1.59 bits per heavy atom. The van der Waals surface area contributed by atoms with Gasteiger partial charge in [0.15, 0.2) is 0 Å². The van der Waals surface area contributed by atoms with Crippen molar-refractivity contribution in [2.24, 2.45) is 0 Å². The molecule has 29 heavy (non-hydrogen) atoms. The number of rotatable bonds is 3. The number of pyridine rings is 1. The summed E-state index contributed by atoms with van der Waals surface area (Å²) in [6, 6.07) is 24.4. The predicted molar refractivity (Wildman–Crippen MR) is 120 cm³/mol. The molecule has 142 valence electrons. The molecule has 3 aromatic carbocycles. The summed E-state index contributed by atoms with van der Waals surface area (Å²) < 4.78 is 8.33. The van der Waals surface area contributed by atoms with Gasteiger partial charge in [0.2, 0.25) is 0 Å². The van der Waals surface area contributed by atoms with Gasteiger partial charge in [0.1, 0.15) is 17.3 Å². The molecule has 0 radical (unpaired) electrons. The van der Waals surface area contributed by atoms with Gasteiger partial charge >= 0.3 is 0 Å². The van der Waals surface area contributed by atoms with Crippen molar-refractivity contribution in [3.05, 3.63) is 95.1 Å². The Balaban J connectivity index is 1.72. The van der Waals surface area contributed by atoms with Crippen molar-refractivity contribution in [3.8, 4) is 17.3 Å². The van der Waals surface area contributed by atoms with Gasteiger partial charge < -0.3 is 4.74 Å². The summed E-state index contributed by atoms with van der Waals surface area (Å²) in [7, 11) is 0. The average Bonchev–Trinajstić information content (AvgIpc) is 3.01. The maximum absolute atomic E-state index is 6.19. The number of nitrogens with zero attached hydrogens (tertiary/aromatic N) is 2. The van der Waals surface area contributed by atoms with Gasteiger partial charge in [-0.05, 0) is 73.5 Å². The highest BCUT2D eigenvalue weighted by Gasteiger charge is 2.14. The van der Waals surface area contributed by atoms with Crippen LogP contribution in [-0.2, 0) is 0 Å². The fraction of sp³-hybridized carbons (Fsp3) is 0.0800. The number of ether oxygens (including phenoxy) is 1. The van der Waals surface area contributed by atoms with Gasteiger partial charge in [-0.15, -0.1) is 0 Å². The lowest BCUT2D eigenvalue weighted by Crippen LogP contribution is -1.97. The lowest BCUT2D eigenvalue weighted by Gasteiger charge is -2.10. The molecule has 2 aromatic heterocycles. The molecule has 0 atom stereocenters. The summed E-state index contributed by atoms with van der Waals surface area (Å²) in [6.45, 7) is 4.08. The van der Waals surface area contributed by atoms with Crippen molar-refractivity contribution in [1.29, 1.82) is 0 Å². The zero-order valence-corrected chi connectivity index (χ0v) is 16.9. The minimum absolute atomic E-state index is 0.666. The topological polar surface area (TPSA) is 27.1 Å². The third kappa shape index (κ3) is 3.24. The lowest BCUT2D eigenvalue weighted by molar-refractivity contribution is 0.483. The predicted octanol–water partition coefficient (Wildman–Crippen LogP) is 7.24. The molecule has 0 unspecified atom stereocenters. The number of para-hydroxylation sites is 1. The first kappa shape index (κ1) is 17.8. The first-order valence-electron chi connectivity index (χ1n) is 9.50. The summed E-state index contributed by atoms with van der Waals surface area (Å²) in [6.07, 6.45) is 1.85. The Labute approximate surface area is 174 Å². The third-order valence-corrected chi connectivity index (χ3v) is 5.24. The van der Waals surface area contributed by atoms with Crippen LogP contribution in [0.4, 0.5) is 0 Å². The van der Waals surface area contributed by atoms with Crippen molar-refractivity contribution in [3.63, 3.8) is 0 Å². The number of halogens is 1. The molecular weight excluding hydrogens is 380 g/mol. The summed E-state index contributed by atoms with van der Waals surface area (Å²) >= 11 is 6.19. The SMILES string of the molecule is Cc1cc(Cl)cc(Oc2ccc3c4ccccc4n(-c4cc(C)ccn4)c3c2)c1. The lowest BCUT2D eigenvalue weighted by atomic mass is 10.1. The van der Waals surface area contributed by atoms with Crippen molar-refractivity contribution >= 4 is 33.4 Å². The van der Waals surface area contributed by atoms with E-state index in [1.807, 2.05) is 43.5 Å². The number of benzene rings is 3. The van der Waals surface area contributed by atoms with Gasteiger partial charge in [-0.2, -0.15) is 0 Å². The van der Waals surface area contributed by atoms with Crippen molar-refractivity contribution in [2.45, 2.75) is 13.8 Å². The van der Waals surface area contributed by atoms with Crippen LogP contribution in [0.25, 0.3) is 27.6 Å². The van der Waals surface area contributed by atoms with Crippen molar-refractivity contribution < 1.29 is 4.74 Å². The second-order valence-electron chi connectivity index (χ2n) is 7.29. The van der Waals surface area contributed by atoms with E-state index in [4.69, 9.17) is 16.3 Å². The van der Waals surface area contributed by atoms with Crippen LogP contribution in [0.2, 0.25) is 5.02 Å². The molecule has 0 fully saturated rings. The third-order valence-electron chi connectivity index (χ3n) is 5.03. The van der Waals surface area contributed by atoms with Crippen LogP contribution in [0.1, 0.15) is 11.1 Å². The quantitative estimate of drug-likeness (QED) is 0.320. The highest BCUT2D eigenvalue weighted by molar-refractivity contribution is 6.30. The summed E-state index contributed by atoms with van der Waals surface area (Å²) in [5.41, 5.74) is 4.41. The second-order valence-corrected chi connectivity index (χ2v) is 7.73. The number of aryl methyl sites for hydroxylation is 2. The van der Waals surface area contributed by atoms with Gasteiger partial charge in [-0.25, -0.2) is 4.98 Å². The summed E-state index contributed by atoms with van der Waals surface area (Å²) in [4.78, 5) is 4.62. The molecule has 5 aromatic rings. The minimum atomic E-state index is 0.666. The van der Waals surface area contributed by atoms with Crippen LogP contribution >= 0.6 is 11.6 Å². The van der Waals surface area contributed by atoms with Crippen LogP contribution < -0.4 is 4.74 Å². The first-order chi connectivity index (χ1) is 14.1. The summed E-state index contributed by atoms with van der Waals surface area (Å²) in [5, 5.41) is 3.02. The van der Waals surface area contributed by atoms with Gasteiger partial charge in [0, 0.05) is 28.1 Å². The zero-order chi connectivity index (χ0) is 20.0. The zero-order valence-electron chi connectivity index (χ0n) is 16.2. The van der Waals surface area contributed by atoms with E-state index in [2.05, 4.69) is 58.9 Å². The second kappa shape index (κ2) is 6.94. The molecule has 0 aliphatic heterocycles. The van der Waals surface area contributed by atoms with E-state index in [0.717, 1.165) is 33.9 Å². The molecule has 0 N–H and O–H groups in total. The molecule has 0 aliphatic carbocycles. The molecule has 2 heterocycles. The number of hydrogen-bond donors (Lipinski definition) is 0. The monoisotopic (exact) mass is 398 g/mol.